The quantitative estimate of drug-likeness (QED) is 0.507. The number of hydrogen-bond donors (Lipinski definition) is 1. The van der Waals surface area contributed by atoms with Gasteiger partial charge in [0.1, 0.15) is 5.60 Å². The highest BCUT2D eigenvalue weighted by atomic mass is 19.1. The second kappa shape index (κ2) is 8.94. The Morgan fingerprint density at radius 2 is 1.97 bits per heavy atom. The van der Waals surface area contributed by atoms with Crippen molar-refractivity contribution >= 4 is 17.7 Å². The molecule has 1 atom stereocenters. The van der Waals surface area contributed by atoms with Gasteiger partial charge in [-0.1, -0.05) is 19.1 Å². The van der Waals surface area contributed by atoms with Crippen LogP contribution in [0.4, 0.5) is 14.9 Å². The number of halogens is 1. The minimum absolute atomic E-state index is 0.0999. The first-order valence-corrected chi connectivity index (χ1v) is 12.7. The van der Waals surface area contributed by atoms with Crippen molar-refractivity contribution in [2.24, 2.45) is 0 Å². The predicted molar refractivity (Wildman–Crippen MR) is 134 cm³/mol. The van der Waals surface area contributed by atoms with Gasteiger partial charge in [0.15, 0.2) is 5.82 Å². The Kier molecular flexibility index (Phi) is 6.04. The Morgan fingerprint density at radius 1 is 1.22 bits per heavy atom. The van der Waals surface area contributed by atoms with Gasteiger partial charge in [-0.25, -0.2) is 13.9 Å². The third-order valence-electron chi connectivity index (χ3n) is 7.48. The third-order valence-corrected chi connectivity index (χ3v) is 7.48. The normalized spacial score (nSPS) is 19.8. The number of carbonyl (C=O) groups is 2. The summed E-state index contributed by atoms with van der Waals surface area (Å²) in [7, 11) is 0. The molecule has 3 heterocycles. The van der Waals surface area contributed by atoms with Crippen LogP contribution in [0.25, 0.3) is 5.69 Å². The zero-order valence-electron chi connectivity index (χ0n) is 21.2. The van der Waals surface area contributed by atoms with Crippen LogP contribution in [0.1, 0.15) is 74.5 Å². The van der Waals surface area contributed by atoms with E-state index in [9.17, 15) is 9.59 Å². The van der Waals surface area contributed by atoms with E-state index in [1.165, 1.54) is 6.08 Å². The molecule has 1 fully saturated rings. The second-order valence-corrected chi connectivity index (χ2v) is 10.9. The molecule has 2 amide bonds. The zero-order valence-corrected chi connectivity index (χ0v) is 21.2. The summed E-state index contributed by atoms with van der Waals surface area (Å²) in [5.41, 5.74) is 9.55. The number of nitrogens with zero attached hydrogens (tertiary/aromatic N) is 4. The summed E-state index contributed by atoms with van der Waals surface area (Å²) in [4.78, 5) is 29.1. The van der Waals surface area contributed by atoms with Crippen molar-refractivity contribution in [3.05, 3.63) is 53.1 Å². The largest absolute Gasteiger partial charge is 0.444 e. The number of hydrogen-bond acceptors (Lipinski definition) is 5. The Hall–Kier alpha value is -3.36. The Balaban J connectivity index is 1.57. The number of anilines is 1. The number of nitrogens with two attached hydrogens (primary N) is 1. The molecule has 2 aromatic rings. The summed E-state index contributed by atoms with van der Waals surface area (Å²) in [6, 6.07) is 3.26. The Morgan fingerprint density at radius 3 is 2.61 bits per heavy atom. The first-order chi connectivity index (χ1) is 17.1. The van der Waals surface area contributed by atoms with Crippen LogP contribution in [0.2, 0.25) is 0 Å². The minimum Gasteiger partial charge on any atom is -0.444 e. The average molecular weight is 496 g/mol. The van der Waals surface area contributed by atoms with Gasteiger partial charge in [-0.15, -0.1) is 0 Å². The van der Waals surface area contributed by atoms with Crippen molar-refractivity contribution < 1.29 is 18.7 Å². The molecule has 0 radical (unpaired) electrons. The molecule has 5 rings (SSSR count). The van der Waals surface area contributed by atoms with E-state index in [2.05, 4.69) is 6.58 Å². The number of carbonyl (C=O) groups excluding carboxylic acids is 2. The van der Waals surface area contributed by atoms with E-state index in [0.717, 1.165) is 36.2 Å². The van der Waals surface area contributed by atoms with Gasteiger partial charge in [0, 0.05) is 38.0 Å². The van der Waals surface area contributed by atoms with Gasteiger partial charge in [-0.2, -0.15) is 5.10 Å². The molecular formula is C27H34FN5O3. The molecule has 8 nitrogen and oxygen atoms in total. The molecule has 36 heavy (non-hydrogen) atoms. The van der Waals surface area contributed by atoms with Crippen LogP contribution in [0.3, 0.4) is 0 Å². The van der Waals surface area contributed by atoms with Crippen LogP contribution in [0.5, 0.6) is 0 Å². The van der Waals surface area contributed by atoms with Crippen LogP contribution < -0.4 is 5.73 Å². The molecule has 2 aliphatic heterocycles. The number of rotatable bonds is 3. The first kappa shape index (κ1) is 24.3. The average Bonchev–Trinajstić information content (AvgIpc) is 3.04. The summed E-state index contributed by atoms with van der Waals surface area (Å²) < 4.78 is 22.8. The monoisotopic (exact) mass is 495 g/mol. The van der Waals surface area contributed by atoms with Crippen molar-refractivity contribution in [1.82, 2.24) is 19.6 Å². The van der Waals surface area contributed by atoms with Crippen molar-refractivity contribution in [2.45, 2.75) is 70.4 Å². The highest BCUT2D eigenvalue weighted by molar-refractivity contribution is 5.87. The molecule has 0 saturated heterocycles. The number of nitrogen functional groups attached to an aromatic ring is 1. The fourth-order valence-corrected chi connectivity index (χ4v) is 5.48. The van der Waals surface area contributed by atoms with E-state index in [4.69, 9.17) is 15.6 Å². The van der Waals surface area contributed by atoms with E-state index in [1.807, 2.05) is 32.9 Å². The molecule has 1 saturated carbocycles. The fraction of sp³-hybridized carbons (Fsp3) is 0.519. The van der Waals surface area contributed by atoms with Crippen molar-refractivity contribution in [3.63, 3.8) is 0 Å². The fourth-order valence-electron chi connectivity index (χ4n) is 5.48. The lowest BCUT2D eigenvalue weighted by molar-refractivity contribution is -0.126. The lowest BCUT2D eigenvalue weighted by Gasteiger charge is -2.38. The highest BCUT2D eigenvalue weighted by Gasteiger charge is 2.41. The molecular weight excluding hydrogens is 461 g/mol. The van der Waals surface area contributed by atoms with Gasteiger partial charge in [-0.05, 0) is 57.2 Å². The Bertz CT molecular complexity index is 1230. The van der Waals surface area contributed by atoms with Crippen LogP contribution in [-0.2, 0) is 22.4 Å². The SMILES string of the molecule is C=CC(=O)N1CCc2nn(-c3ccc(C4CCC4)c(F)c3N)c3c2C(C1)N(C(=O)OC(C)(C)C)CC3. The lowest BCUT2D eigenvalue weighted by atomic mass is 9.79. The van der Waals surface area contributed by atoms with Crippen LogP contribution in [0.15, 0.2) is 24.8 Å². The highest BCUT2D eigenvalue weighted by Crippen LogP contribution is 2.42. The summed E-state index contributed by atoms with van der Waals surface area (Å²) in [5.74, 6) is -0.322. The maximum Gasteiger partial charge on any atom is 0.410 e. The molecule has 192 valence electrons. The van der Waals surface area contributed by atoms with Crippen molar-refractivity contribution in [3.8, 4) is 5.69 Å². The number of amides is 2. The molecule has 0 bridgehead atoms. The molecule has 1 aromatic heterocycles. The standard InChI is InChI=1S/C27H34FN5O3/c1-5-22(34)31-13-11-18-23-19(12-14-32(21(23)15-31)26(35)36-27(2,3)4)33(30-18)20-10-9-17(16-7-6-8-16)24(28)25(20)29/h5,9-10,16,21H,1,6-8,11-15,29H2,2-4H3. The third kappa shape index (κ3) is 4.14. The second-order valence-electron chi connectivity index (χ2n) is 10.9. The molecule has 1 unspecified atom stereocenters. The maximum atomic E-state index is 15.3. The first-order valence-electron chi connectivity index (χ1n) is 12.7. The van der Waals surface area contributed by atoms with E-state index in [-0.39, 0.29) is 23.3 Å². The van der Waals surface area contributed by atoms with Crippen molar-refractivity contribution in [1.29, 1.82) is 0 Å². The van der Waals surface area contributed by atoms with E-state index in [1.54, 1.807) is 14.5 Å². The summed E-state index contributed by atoms with van der Waals surface area (Å²) in [6.07, 6.45) is 4.97. The topological polar surface area (TPSA) is 93.7 Å². The molecule has 0 spiro atoms. The van der Waals surface area contributed by atoms with Gasteiger partial charge >= 0.3 is 6.09 Å². The number of ether oxygens (including phenoxy) is 1. The van der Waals surface area contributed by atoms with Gasteiger partial charge < -0.3 is 15.4 Å². The number of aromatic nitrogens is 2. The minimum atomic E-state index is -0.653. The van der Waals surface area contributed by atoms with Gasteiger partial charge in [0.2, 0.25) is 5.91 Å². The summed E-state index contributed by atoms with van der Waals surface area (Å²) in [6.45, 7) is 10.2. The van der Waals surface area contributed by atoms with Crippen LogP contribution >= 0.6 is 0 Å². The molecule has 2 N–H and O–H groups in total. The molecule has 9 heteroatoms. The van der Waals surface area contributed by atoms with Gasteiger partial charge in [0.25, 0.3) is 0 Å². The van der Waals surface area contributed by atoms with E-state index in [0.29, 0.717) is 43.7 Å². The maximum absolute atomic E-state index is 15.3. The predicted octanol–water partition coefficient (Wildman–Crippen LogP) is 4.27. The molecule has 1 aliphatic carbocycles. The van der Waals surface area contributed by atoms with Crippen LogP contribution in [0, 0.1) is 5.82 Å². The van der Waals surface area contributed by atoms with E-state index >= 15 is 4.39 Å². The lowest BCUT2D eigenvalue weighted by Crippen LogP contribution is -2.47. The smallest absolute Gasteiger partial charge is 0.410 e. The Labute approximate surface area is 210 Å². The summed E-state index contributed by atoms with van der Waals surface area (Å²) in [5, 5.41) is 4.87. The van der Waals surface area contributed by atoms with Crippen molar-refractivity contribution in [2.75, 3.05) is 25.4 Å². The molecule has 1 aromatic carbocycles. The number of benzene rings is 1. The summed E-state index contributed by atoms with van der Waals surface area (Å²) >= 11 is 0. The zero-order chi connectivity index (χ0) is 25.8. The van der Waals surface area contributed by atoms with E-state index < -0.39 is 17.7 Å². The van der Waals surface area contributed by atoms with Crippen LogP contribution in [-0.4, -0.2) is 56.8 Å². The molecule has 3 aliphatic rings. The van der Waals surface area contributed by atoms with Gasteiger partial charge in [0.05, 0.1) is 28.8 Å². The van der Waals surface area contributed by atoms with Gasteiger partial charge in [-0.3, -0.25) is 9.69 Å².